The first kappa shape index (κ1) is 21.7. The van der Waals surface area contributed by atoms with Gasteiger partial charge in [-0.1, -0.05) is 13.8 Å². The number of anilines is 1. The molecule has 0 spiro atoms. The van der Waals surface area contributed by atoms with Crippen molar-refractivity contribution >= 4 is 21.7 Å². The SMILES string of the molecule is CCCN(CCC)S(=O)(=O)c1ccc(N/C=C(\C#N)C(=O)OCC)cc1. The van der Waals surface area contributed by atoms with Gasteiger partial charge in [-0.3, -0.25) is 0 Å². The van der Waals surface area contributed by atoms with Gasteiger partial charge in [-0.2, -0.15) is 9.57 Å². The van der Waals surface area contributed by atoms with E-state index in [0.717, 1.165) is 12.8 Å². The summed E-state index contributed by atoms with van der Waals surface area (Å²) in [6.45, 7) is 6.66. The van der Waals surface area contributed by atoms with Crippen molar-refractivity contribution in [3.8, 4) is 6.07 Å². The molecule has 1 aromatic carbocycles. The molecule has 142 valence electrons. The number of rotatable bonds is 10. The average molecular weight is 379 g/mol. The quantitative estimate of drug-likeness (QED) is 0.381. The van der Waals surface area contributed by atoms with Crippen LogP contribution in [-0.4, -0.2) is 38.4 Å². The van der Waals surface area contributed by atoms with E-state index in [4.69, 9.17) is 10.00 Å². The van der Waals surface area contributed by atoms with Crippen LogP contribution in [0.2, 0.25) is 0 Å². The highest BCUT2D eigenvalue weighted by Crippen LogP contribution is 2.19. The Morgan fingerprint density at radius 3 is 2.23 bits per heavy atom. The van der Waals surface area contributed by atoms with Gasteiger partial charge in [0.05, 0.1) is 11.5 Å². The van der Waals surface area contributed by atoms with E-state index in [1.54, 1.807) is 25.1 Å². The average Bonchev–Trinajstić information content (AvgIpc) is 2.62. The molecule has 0 atom stereocenters. The predicted octanol–water partition coefficient (Wildman–Crippen LogP) is 2.88. The molecule has 0 unspecified atom stereocenters. The normalized spacial score (nSPS) is 11.9. The van der Waals surface area contributed by atoms with Gasteiger partial charge in [-0.25, -0.2) is 13.2 Å². The molecule has 0 aliphatic heterocycles. The second kappa shape index (κ2) is 10.6. The zero-order valence-electron chi connectivity index (χ0n) is 15.4. The van der Waals surface area contributed by atoms with Crippen LogP contribution in [-0.2, 0) is 19.6 Å². The molecule has 7 nitrogen and oxygen atoms in total. The molecule has 0 aliphatic rings. The summed E-state index contributed by atoms with van der Waals surface area (Å²) >= 11 is 0. The highest BCUT2D eigenvalue weighted by atomic mass is 32.2. The zero-order chi connectivity index (χ0) is 19.6. The van der Waals surface area contributed by atoms with Crippen LogP contribution in [0.25, 0.3) is 0 Å². The molecule has 1 N–H and O–H groups in total. The third-order valence-corrected chi connectivity index (χ3v) is 5.35. The fourth-order valence-corrected chi connectivity index (χ4v) is 3.85. The number of carbonyl (C=O) groups excluding carboxylic acids is 1. The summed E-state index contributed by atoms with van der Waals surface area (Å²) in [5.74, 6) is -0.712. The van der Waals surface area contributed by atoms with Gasteiger partial charge >= 0.3 is 5.97 Å². The number of nitriles is 1. The Morgan fingerprint density at radius 1 is 1.19 bits per heavy atom. The Balaban J connectivity index is 2.94. The molecule has 0 saturated carbocycles. The van der Waals surface area contributed by atoms with Crippen molar-refractivity contribution in [2.75, 3.05) is 25.0 Å². The van der Waals surface area contributed by atoms with Gasteiger partial charge in [0.2, 0.25) is 10.0 Å². The molecule has 26 heavy (non-hydrogen) atoms. The van der Waals surface area contributed by atoms with Gasteiger partial charge in [0.1, 0.15) is 6.07 Å². The third-order valence-electron chi connectivity index (χ3n) is 3.44. The number of ether oxygens (including phenoxy) is 1. The fraction of sp³-hybridized carbons (Fsp3) is 0.444. The Hall–Kier alpha value is -2.37. The molecule has 0 radical (unpaired) electrons. The molecule has 0 fully saturated rings. The minimum atomic E-state index is -3.54. The van der Waals surface area contributed by atoms with E-state index >= 15 is 0 Å². The van der Waals surface area contributed by atoms with E-state index < -0.39 is 16.0 Å². The molecule has 0 bridgehead atoms. The highest BCUT2D eigenvalue weighted by Gasteiger charge is 2.22. The molecule has 0 aromatic heterocycles. The van der Waals surface area contributed by atoms with Gasteiger partial charge in [-0.15, -0.1) is 0 Å². The number of benzene rings is 1. The summed E-state index contributed by atoms with van der Waals surface area (Å²) < 4.78 is 31.6. The second-order valence-corrected chi connectivity index (χ2v) is 7.40. The maximum atomic E-state index is 12.7. The van der Waals surface area contributed by atoms with E-state index in [0.29, 0.717) is 18.8 Å². The first-order valence-electron chi connectivity index (χ1n) is 8.54. The minimum absolute atomic E-state index is 0.166. The summed E-state index contributed by atoms with van der Waals surface area (Å²) in [4.78, 5) is 11.7. The van der Waals surface area contributed by atoms with Crippen LogP contribution < -0.4 is 5.32 Å². The van der Waals surface area contributed by atoms with Crippen LogP contribution in [0, 0.1) is 11.3 Å². The third kappa shape index (κ3) is 5.86. The molecule has 0 aliphatic carbocycles. The van der Waals surface area contributed by atoms with Crippen LogP contribution in [0.4, 0.5) is 5.69 Å². The summed E-state index contributed by atoms with van der Waals surface area (Å²) in [5, 5.41) is 11.8. The van der Waals surface area contributed by atoms with Crippen molar-refractivity contribution < 1.29 is 17.9 Å². The van der Waals surface area contributed by atoms with Crippen molar-refractivity contribution in [1.82, 2.24) is 4.31 Å². The monoisotopic (exact) mass is 379 g/mol. The number of carbonyl (C=O) groups is 1. The van der Waals surface area contributed by atoms with Crippen molar-refractivity contribution in [3.05, 3.63) is 36.0 Å². The van der Waals surface area contributed by atoms with E-state index in [1.807, 2.05) is 13.8 Å². The number of nitrogens with one attached hydrogen (secondary N) is 1. The maximum Gasteiger partial charge on any atom is 0.350 e. The molecular formula is C18H25N3O4S. The maximum absolute atomic E-state index is 12.7. The summed E-state index contributed by atoms with van der Waals surface area (Å²) in [6.07, 6.45) is 2.73. The summed E-state index contributed by atoms with van der Waals surface area (Å²) in [6, 6.07) is 7.92. The Bertz CT molecular complexity index is 759. The smallest absolute Gasteiger partial charge is 0.350 e. The largest absolute Gasteiger partial charge is 0.462 e. The van der Waals surface area contributed by atoms with Crippen LogP contribution in [0.15, 0.2) is 40.9 Å². The lowest BCUT2D eigenvalue weighted by Gasteiger charge is -2.21. The lowest BCUT2D eigenvalue weighted by molar-refractivity contribution is -0.138. The van der Waals surface area contributed by atoms with E-state index in [2.05, 4.69) is 5.32 Å². The second-order valence-electron chi connectivity index (χ2n) is 5.46. The standard InChI is InChI=1S/C18H25N3O4S/c1-4-11-21(12-5-2)26(23,24)17-9-7-16(8-10-17)20-14-15(13-19)18(22)25-6-3/h7-10,14,20H,4-6,11-12H2,1-3H3/b15-14+. The number of hydrogen-bond acceptors (Lipinski definition) is 6. The molecule has 0 amide bonds. The van der Waals surface area contributed by atoms with Gasteiger partial charge in [-0.05, 0) is 44.0 Å². The van der Waals surface area contributed by atoms with Gasteiger partial charge in [0.15, 0.2) is 5.57 Å². The van der Waals surface area contributed by atoms with Crippen LogP contribution >= 0.6 is 0 Å². The van der Waals surface area contributed by atoms with Crippen LogP contribution in [0.3, 0.4) is 0 Å². The number of hydrogen-bond donors (Lipinski definition) is 1. The minimum Gasteiger partial charge on any atom is -0.462 e. The van der Waals surface area contributed by atoms with Gasteiger partial charge < -0.3 is 10.1 Å². The molecular weight excluding hydrogens is 354 g/mol. The summed E-state index contributed by atoms with van der Waals surface area (Å²) in [5.41, 5.74) is 0.388. The number of esters is 1. The zero-order valence-corrected chi connectivity index (χ0v) is 16.2. The van der Waals surface area contributed by atoms with Crippen LogP contribution in [0.5, 0.6) is 0 Å². The summed E-state index contributed by atoms with van der Waals surface area (Å²) in [7, 11) is -3.54. The van der Waals surface area contributed by atoms with Crippen molar-refractivity contribution in [3.63, 3.8) is 0 Å². The van der Waals surface area contributed by atoms with Crippen molar-refractivity contribution in [2.45, 2.75) is 38.5 Å². The van der Waals surface area contributed by atoms with E-state index in [9.17, 15) is 13.2 Å². The topological polar surface area (TPSA) is 99.5 Å². The number of sulfonamides is 1. The molecule has 1 rings (SSSR count). The van der Waals surface area contributed by atoms with E-state index in [1.165, 1.54) is 22.6 Å². The Morgan fingerprint density at radius 2 is 1.77 bits per heavy atom. The van der Waals surface area contributed by atoms with Gasteiger partial charge in [0, 0.05) is 25.0 Å². The molecule has 8 heteroatoms. The fourth-order valence-electron chi connectivity index (χ4n) is 2.22. The molecule has 0 heterocycles. The lowest BCUT2D eigenvalue weighted by atomic mass is 10.3. The molecule has 0 saturated heterocycles. The van der Waals surface area contributed by atoms with Crippen molar-refractivity contribution in [2.24, 2.45) is 0 Å². The Labute approximate surface area is 155 Å². The Kier molecular flexibility index (Phi) is 8.82. The highest BCUT2D eigenvalue weighted by molar-refractivity contribution is 7.89. The first-order chi connectivity index (χ1) is 12.4. The predicted molar refractivity (Wildman–Crippen MR) is 99.7 cm³/mol. The molecule has 1 aromatic rings. The van der Waals surface area contributed by atoms with Crippen molar-refractivity contribution in [1.29, 1.82) is 5.26 Å². The first-order valence-corrected chi connectivity index (χ1v) is 9.98. The number of nitrogens with zero attached hydrogens (tertiary/aromatic N) is 2. The lowest BCUT2D eigenvalue weighted by Crippen LogP contribution is -2.32. The van der Waals surface area contributed by atoms with E-state index in [-0.39, 0.29) is 17.1 Å². The van der Waals surface area contributed by atoms with Crippen LogP contribution in [0.1, 0.15) is 33.6 Å². The van der Waals surface area contributed by atoms with Gasteiger partial charge in [0.25, 0.3) is 0 Å².